The number of quaternary nitrogens is 2. The molecule has 12 nitrogen and oxygen atoms in total. The van der Waals surface area contributed by atoms with Crippen molar-refractivity contribution < 1.29 is 49.0 Å². The number of rotatable bonds is 24. The minimum Gasteiger partial charge on any atom is -0.858 e. The summed E-state index contributed by atoms with van der Waals surface area (Å²) >= 11 is 0. The summed E-state index contributed by atoms with van der Waals surface area (Å²) < 4.78 is 11.8. The summed E-state index contributed by atoms with van der Waals surface area (Å²) in [5, 5.41) is 55.3. The van der Waals surface area contributed by atoms with Crippen LogP contribution in [0.15, 0.2) is 53.6 Å². The van der Waals surface area contributed by atoms with E-state index in [1.165, 1.54) is 0 Å². The zero-order valence-corrected chi connectivity index (χ0v) is 30.4. The van der Waals surface area contributed by atoms with Gasteiger partial charge in [0.15, 0.2) is 0 Å². The largest absolute Gasteiger partial charge is 0.858 e. The van der Waals surface area contributed by atoms with E-state index >= 15 is 0 Å². The van der Waals surface area contributed by atoms with Crippen LogP contribution in [0.1, 0.15) is 76.3 Å². The zero-order valence-electron chi connectivity index (χ0n) is 30.4. The predicted molar refractivity (Wildman–Crippen MR) is 189 cm³/mol. The van der Waals surface area contributed by atoms with Crippen molar-refractivity contribution in [1.82, 2.24) is 5.43 Å². The van der Waals surface area contributed by atoms with E-state index in [4.69, 9.17) is 19.7 Å². The van der Waals surface area contributed by atoms with Gasteiger partial charge in [0.05, 0.1) is 28.2 Å². The summed E-state index contributed by atoms with van der Waals surface area (Å²) in [4.78, 5) is 12.2. The Labute approximate surface area is 292 Å². The number of nitrogens with one attached hydrogen (secondary N) is 1. The summed E-state index contributed by atoms with van der Waals surface area (Å²) in [7, 11) is 7.18. The number of unbranched alkanes of at least 4 members (excludes halogenated alkanes) is 4. The number of hydrogen-bond donors (Lipinski definition) is 5. The molecule has 49 heavy (non-hydrogen) atoms. The van der Waals surface area contributed by atoms with Gasteiger partial charge < -0.3 is 35.0 Å². The molecule has 12 heteroatoms. The fourth-order valence-electron chi connectivity index (χ4n) is 5.61. The van der Waals surface area contributed by atoms with Crippen LogP contribution >= 0.6 is 0 Å². The molecule has 0 radical (unpaired) electrons. The van der Waals surface area contributed by atoms with Gasteiger partial charge in [-0.2, -0.15) is 0 Å². The average Bonchev–Trinajstić information content (AvgIpc) is 3.02. The van der Waals surface area contributed by atoms with Crippen molar-refractivity contribution in [2.45, 2.75) is 82.8 Å². The van der Waals surface area contributed by atoms with E-state index in [0.717, 1.165) is 24.0 Å². The predicted octanol–water partition coefficient (Wildman–Crippen LogP) is 2.46. The molecule has 2 aromatic rings. The third kappa shape index (κ3) is 16.3. The summed E-state index contributed by atoms with van der Waals surface area (Å²) in [6.07, 6.45) is 3.45. The van der Waals surface area contributed by atoms with Crippen molar-refractivity contribution in [2.24, 2.45) is 5.10 Å². The van der Waals surface area contributed by atoms with Gasteiger partial charge >= 0.3 is 0 Å². The Morgan fingerprint density at radius 2 is 1.20 bits per heavy atom. The Morgan fingerprint density at radius 3 is 1.67 bits per heavy atom. The van der Waals surface area contributed by atoms with Crippen molar-refractivity contribution in [3.8, 4) is 11.5 Å². The molecule has 0 aliphatic rings. The maximum Gasteiger partial charge on any atom is 0.264 e. The van der Waals surface area contributed by atoms with E-state index < -0.39 is 12.2 Å². The van der Waals surface area contributed by atoms with Gasteiger partial charge in [0.25, 0.3) is 5.91 Å². The molecule has 0 aliphatic carbocycles. The van der Waals surface area contributed by atoms with E-state index in [1.54, 1.807) is 14.1 Å². The number of benzene rings is 2. The number of carbonyl (C=O) groups is 1. The van der Waals surface area contributed by atoms with Gasteiger partial charge in [-0.3, -0.25) is 4.79 Å². The van der Waals surface area contributed by atoms with E-state index in [1.807, 2.05) is 62.6 Å². The highest BCUT2D eigenvalue weighted by atomic mass is 16.5. The minimum atomic E-state index is -0.816. The van der Waals surface area contributed by atoms with Crippen LogP contribution in [0, 0.1) is 0 Å². The van der Waals surface area contributed by atoms with Gasteiger partial charge in [-0.15, -0.1) is 5.10 Å². The summed E-state index contributed by atoms with van der Waals surface area (Å²) in [6.45, 7) is 5.18. The van der Waals surface area contributed by atoms with E-state index in [9.17, 15) is 20.1 Å². The Balaban J connectivity index is 1.84. The lowest BCUT2D eigenvalue weighted by molar-refractivity contribution is -0.928. The maximum absolute atomic E-state index is 12.2. The third-order valence-electron chi connectivity index (χ3n) is 8.28. The number of hydrogen-bond acceptors (Lipinski definition) is 9. The van der Waals surface area contributed by atoms with E-state index in [2.05, 4.69) is 24.4 Å². The smallest absolute Gasteiger partial charge is 0.264 e. The van der Waals surface area contributed by atoms with Crippen LogP contribution < -0.4 is 20.0 Å². The monoisotopic (exact) mass is 689 g/mol. The molecule has 2 rings (SSSR count). The fourth-order valence-corrected chi connectivity index (χ4v) is 5.61. The molecule has 0 saturated heterocycles. The number of likely N-dealkylation sites (N-methyl/N-ethyl adjacent to an activating group) is 2. The van der Waals surface area contributed by atoms with Crippen LogP contribution in [0.4, 0.5) is 0 Å². The first-order valence-electron chi connectivity index (χ1n) is 17.3. The van der Waals surface area contributed by atoms with Gasteiger partial charge in [0, 0.05) is 30.9 Å². The highest BCUT2D eigenvalue weighted by Gasteiger charge is 2.26. The lowest BCUT2D eigenvalue weighted by Crippen LogP contribution is -2.58. The van der Waals surface area contributed by atoms with Crippen molar-refractivity contribution in [3.05, 3.63) is 59.7 Å². The van der Waals surface area contributed by atoms with E-state index in [0.29, 0.717) is 50.0 Å². The molecular weight excluding hydrogens is 628 g/mol. The second-order valence-corrected chi connectivity index (χ2v) is 14.4. The molecular formula is C37H61N4O8+. The molecule has 276 valence electrons. The average molecular weight is 690 g/mol. The number of aliphatic hydroxyl groups excluding tert-OH is 4. The number of amides is 1. The summed E-state index contributed by atoms with van der Waals surface area (Å²) in [6, 6.07) is 15.5. The van der Waals surface area contributed by atoms with Crippen molar-refractivity contribution >= 4 is 11.8 Å². The highest BCUT2D eigenvalue weighted by Crippen LogP contribution is 2.33. The van der Waals surface area contributed by atoms with Gasteiger partial charge in [-0.05, 0) is 67.5 Å². The molecule has 0 spiro atoms. The number of carbonyl (C=O) groups excluding carboxylic acids is 1. The molecule has 2 aromatic carbocycles. The van der Waals surface area contributed by atoms with Crippen LogP contribution in [-0.4, -0.2) is 121 Å². The van der Waals surface area contributed by atoms with Crippen LogP contribution in [0.5, 0.6) is 11.5 Å². The summed E-state index contributed by atoms with van der Waals surface area (Å²) in [5.74, 6) is 0.961. The molecule has 0 fully saturated rings. The van der Waals surface area contributed by atoms with Gasteiger partial charge in [0.1, 0.15) is 50.0 Å². The maximum atomic E-state index is 12.2. The van der Waals surface area contributed by atoms with Crippen LogP contribution in [0.2, 0.25) is 0 Å². The molecule has 0 aromatic heterocycles. The first-order valence-corrected chi connectivity index (χ1v) is 17.3. The number of nitrogens with zero attached hydrogens (tertiary/aromatic N) is 3. The lowest BCUT2D eigenvalue weighted by atomic mass is 9.78. The zero-order chi connectivity index (χ0) is 36.5. The molecule has 5 N–H and O–H groups in total. The lowest BCUT2D eigenvalue weighted by Gasteiger charge is -2.31. The third-order valence-corrected chi connectivity index (χ3v) is 8.28. The quantitative estimate of drug-likeness (QED) is 0.0369. The minimum absolute atomic E-state index is 0.00575. The van der Waals surface area contributed by atoms with Crippen LogP contribution in [0.3, 0.4) is 0 Å². The second-order valence-electron chi connectivity index (χ2n) is 14.4. The Hall–Kier alpha value is -3.26. The second kappa shape index (κ2) is 20.4. The Morgan fingerprint density at radius 1 is 0.755 bits per heavy atom. The number of ether oxygens (including phenoxy) is 2. The van der Waals surface area contributed by atoms with Crippen molar-refractivity contribution in [2.75, 3.05) is 67.7 Å². The molecule has 0 bridgehead atoms. The van der Waals surface area contributed by atoms with Gasteiger partial charge in [-0.1, -0.05) is 51.0 Å². The summed E-state index contributed by atoms with van der Waals surface area (Å²) in [5.41, 5.74) is 4.76. The van der Waals surface area contributed by atoms with Gasteiger partial charge in [-0.25, -0.2) is 14.6 Å². The van der Waals surface area contributed by atoms with Crippen LogP contribution in [-0.2, 0) is 10.2 Å². The topological polar surface area (TPSA) is 164 Å². The normalized spacial score (nSPS) is 14.0. The van der Waals surface area contributed by atoms with Gasteiger partial charge in [0.2, 0.25) is 0 Å². The molecule has 1 amide bonds. The van der Waals surface area contributed by atoms with Crippen molar-refractivity contribution in [1.29, 1.82) is 0 Å². The van der Waals surface area contributed by atoms with Crippen LogP contribution in [0.25, 0.3) is 0 Å². The Bertz CT molecular complexity index is 1270. The van der Waals surface area contributed by atoms with E-state index in [-0.39, 0.29) is 65.9 Å². The Kier molecular flexibility index (Phi) is 17.5. The molecule has 2 atom stereocenters. The molecule has 2 unspecified atom stereocenters. The standard InChI is InChI=1S/C37H60N4O8/c1-37(2,29-15-19-33(20-16-29)48-27-31(44)25-40(3,4)38-35(46)13-9-7-11-23-42)30-17-21-34(22-18-30)49-28-32(45)26-41(5,6)39-36(47)14-10-8-12-24-43/h15-22,31-32,42-45H,7-14,23-28H2,1-6H3/p+1. The first-order chi connectivity index (χ1) is 23.1. The highest BCUT2D eigenvalue weighted by molar-refractivity contribution is 5.74. The molecule has 0 aliphatic heterocycles. The molecule has 0 heterocycles. The van der Waals surface area contributed by atoms with Crippen molar-refractivity contribution in [3.63, 3.8) is 0 Å². The SMILES string of the molecule is CC(C)(c1ccc(OCC(O)C[N+](C)(C)N=C([O-])CCCCCO)cc1)c1ccc(OCC(O)C[N+](C)(C)NC(=O)CCCCCO)cc1. The fraction of sp³-hybridized carbons (Fsp3) is 0.622. The molecule has 0 saturated carbocycles. The first kappa shape index (κ1) is 41.9. The number of aliphatic hydroxyl groups is 4.